The minimum atomic E-state index is -3.84. The van der Waals surface area contributed by atoms with Gasteiger partial charge in [0.2, 0.25) is 10.0 Å². The van der Waals surface area contributed by atoms with Gasteiger partial charge in [0.05, 0.1) is 16.1 Å². The number of sulfonamides is 1. The fourth-order valence-electron chi connectivity index (χ4n) is 3.87. The number of aryl methyl sites for hydroxylation is 1. The molecule has 0 aliphatic carbocycles. The Labute approximate surface area is 163 Å². The average molecular weight is 415 g/mol. The van der Waals surface area contributed by atoms with E-state index < -0.39 is 10.0 Å². The van der Waals surface area contributed by atoms with E-state index in [0.717, 1.165) is 56.7 Å². The van der Waals surface area contributed by atoms with Crippen molar-refractivity contribution in [2.45, 2.75) is 56.0 Å². The van der Waals surface area contributed by atoms with E-state index in [9.17, 15) is 8.42 Å². The Morgan fingerprint density at radius 2 is 1.73 bits per heavy atom. The Hall–Kier alpha value is -1.15. The largest absolute Gasteiger partial charge is 0.314 e. The smallest absolute Gasteiger partial charge is 0.246 e. The normalized spacial score (nSPS) is 21.5. The van der Waals surface area contributed by atoms with Crippen molar-refractivity contribution < 1.29 is 8.42 Å². The van der Waals surface area contributed by atoms with Crippen molar-refractivity contribution >= 4 is 33.2 Å². The van der Waals surface area contributed by atoms with Crippen LogP contribution in [-0.4, -0.2) is 34.0 Å². The zero-order chi connectivity index (χ0) is 18.3. The van der Waals surface area contributed by atoms with Gasteiger partial charge in [-0.15, -0.1) is 10.2 Å². The van der Waals surface area contributed by atoms with E-state index in [1.165, 1.54) is 4.31 Å². The third-order valence-corrected chi connectivity index (χ3v) is 7.99. The predicted molar refractivity (Wildman–Crippen MR) is 99.9 cm³/mol. The number of benzene rings is 1. The van der Waals surface area contributed by atoms with Crippen molar-refractivity contribution in [1.29, 1.82) is 0 Å². The van der Waals surface area contributed by atoms with Crippen molar-refractivity contribution in [3.63, 3.8) is 0 Å². The molecule has 0 amide bonds. The van der Waals surface area contributed by atoms with Gasteiger partial charge in [-0.3, -0.25) is 0 Å². The molecule has 0 spiro atoms. The molecule has 2 aliphatic heterocycles. The molecule has 6 nitrogen and oxygen atoms in total. The summed E-state index contributed by atoms with van der Waals surface area (Å²) in [7, 11) is -3.84. The number of hydrogen-bond donors (Lipinski definition) is 0. The summed E-state index contributed by atoms with van der Waals surface area (Å²) >= 11 is 12.4. The first-order valence-electron chi connectivity index (χ1n) is 8.88. The molecule has 2 aliphatic rings. The van der Waals surface area contributed by atoms with Gasteiger partial charge in [0.1, 0.15) is 10.7 Å². The lowest BCUT2D eigenvalue weighted by Gasteiger charge is -2.34. The van der Waals surface area contributed by atoms with Crippen LogP contribution in [-0.2, 0) is 23.0 Å². The Morgan fingerprint density at radius 1 is 1.00 bits per heavy atom. The zero-order valence-electron chi connectivity index (χ0n) is 14.2. The van der Waals surface area contributed by atoms with Gasteiger partial charge < -0.3 is 4.57 Å². The van der Waals surface area contributed by atoms with Gasteiger partial charge in [-0.05, 0) is 37.8 Å². The van der Waals surface area contributed by atoms with Crippen LogP contribution >= 0.6 is 23.2 Å². The Bertz CT molecular complexity index is 909. The van der Waals surface area contributed by atoms with Crippen LogP contribution in [0.3, 0.4) is 0 Å². The van der Waals surface area contributed by atoms with Gasteiger partial charge >= 0.3 is 0 Å². The summed E-state index contributed by atoms with van der Waals surface area (Å²) in [6, 6.07) is 4.42. The van der Waals surface area contributed by atoms with E-state index in [-0.39, 0.29) is 21.0 Å². The number of piperidine rings is 1. The highest BCUT2D eigenvalue weighted by molar-refractivity contribution is 7.89. The monoisotopic (exact) mass is 414 g/mol. The molecular weight excluding hydrogens is 395 g/mol. The molecule has 1 atom stereocenters. The lowest BCUT2D eigenvalue weighted by molar-refractivity contribution is 0.239. The zero-order valence-corrected chi connectivity index (χ0v) is 16.6. The summed E-state index contributed by atoms with van der Waals surface area (Å²) in [6.07, 6.45) is 5.53. The number of aromatic nitrogens is 3. The van der Waals surface area contributed by atoms with Crippen LogP contribution in [0.5, 0.6) is 0 Å². The molecule has 0 radical (unpaired) electrons. The third-order valence-electron chi connectivity index (χ3n) is 5.13. The van der Waals surface area contributed by atoms with Crippen LogP contribution in [0, 0.1) is 0 Å². The second kappa shape index (κ2) is 7.11. The number of fused-ring (bicyclic) bond motifs is 1. The molecule has 140 valence electrons. The highest BCUT2D eigenvalue weighted by atomic mass is 35.5. The van der Waals surface area contributed by atoms with Crippen LogP contribution in [0.15, 0.2) is 23.1 Å². The molecule has 2 aromatic rings. The topological polar surface area (TPSA) is 68.1 Å². The highest BCUT2D eigenvalue weighted by Crippen LogP contribution is 2.39. The third kappa shape index (κ3) is 3.05. The quantitative estimate of drug-likeness (QED) is 0.764. The number of hydrogen-bond acceptors (Lipinski definition) is 4. The first-order valence-corrected chi connectivity index (χ1v) is 11.1. The van der Waals surface area contributed by atoms with Crippen LogP contribution in [0.4, 0.5) is 0 Å². The maximum absolute atomic E-state index is 13.4. The molecule has 1 aromatic carbocycles. The standard InChI is InChI=1S/C17H20Cl2N4O2S/c18-12-6-5-7-13(19)16(12)26(24,25)23-11-4-1-8-14(23)17-21-20-15-9-2-3-10-22(15)17/h5-7,14H,1-4,8-11H2/t14-/m1/s1. The van der Waals surface area contributed by atoms with E-state index >= 15 is 0 Å². The Balaban J connectivity index is 1.78. The predicted octanol–water partition coefficient (Wildman–Crippen LogP) is 3.84. The van der Waals surface area contributed by atoms with Gasteiger partial charge in [-0.2, -0.15) is 4.31 Å². The second-order valence-corrected chi connectivity index (χ2v) is 9.40. The SMILES string of the molecule is O=S(=O)(c1c(Cl)cccc1Cl)N1CCCC[C@@H]1c1nnc2n1CCCC2. The Morgan fingerprint density at radius 3 is 2.50 bits per heavy atom. The molecular formula is C17H20Cl2N4O2S. The molecule has 9 heteroatoms. The van der Waals surface area contributed by atoms with E-state index in [4.69, 9.17) is 23.2 Å². The molecule has 0 bridgehead atoms. The van der Waals surface area contributed by atoms with Crippen molar-refractivity contribution in [2.75, 3.05) is 6.54 Å². The molecule has 3 heterocycles. The van der Waals surface area contributed by atoms with Gasteiger partial charge in [0, 0.05) is 19.5 Å². The summed E-state index contributed by atoms with van der Waals surface area (Å²) in [5.74, 6) is 1.69. The minimum absolute atomic E-state index is 0.0198. The lowest BCUT2D eigenvalue weighted by atomic mass is 10.0. The van der Waals surface area contributed by atoms with Crippen molar-refractivity contribution in [1.82, 2.24) is 19.1 Å². The molecule has 1 fully saturated rings. The molecule has 0 unspecified atom stereocenters. The number of nitrogens with zero attached hydrogens (tertiary/aromatic N) is 4. The minimum Gasteiger partial charge on any atom is -0.314 e. The summed E-state index contributed by atoms with van der Waals surface area (Å²) in [6.45, 7) is 1.27. The van der Waals surface area contributed by atoms with Crippen molar-refractivity contribution in [2.24, 2.45) is 0 Å². The first kappa shape index (κ1) is 18.2. The van der Waals surface area contributed by atoms with Crippen LogP contribution in [0.2, 0.25) is 10.0 Å². The summed E-state index contributed by atoms with van der Waals surface area (Å²) in [5, 5.41) is 8.95. The van der Waals surface area contributed by atoms with Gasteiger partial charge in [0.25, 0.3) is 0 Å². The molecule has 1 aromatic heterocycles. The van der Waals surface area contributed by atoms with E-state index in [2.05, 4.69) is 14.8 Å². The summed E-state index contributed by atoms with van der Waals surface area (Å²) in [5.41, 5.74) is 0. The first-order chi connectivity index (χ1) is 12.5. The Kier molecular flexibility index (Phi) is 4.98. The van der Waals surface area contributed by atoms with Gasteiger partial charge in [0.15, 0.2) is 5.82 Å². The van der Waals surface area contributed by atoms with Crippen molar-refractivity contribution in [3.05, 3.63) is 39.9 Å². The molecule has 0 saturated carbocycles. The molecule has 1 saturated heterocycles. The maximum Gasteiger partial charge on any atom is 0.246 e. The van der Waals surface area contributed by atoms with Gasteiger partial charge in [-0.1, -0.05) is 35.7 Å². The number of rotatable bonds is 3. The fourth-order valence-corrected chi connectivity index (χ4v) is 6.62. The van der Waals surface area contributed by atoms with E-state index in [0.29, 0.717) is 6.54 Å². The molecule has 4 rings (SSSR count). The number of halogens is 2. The van der Waals surface area contributed by atoms with E-state index in [1.54, 1.807) is 18.2 Å². The second-order valence-electron chi connectivity index (χ2n) is 6.76. The summed E-state index contributed by atoms with van der Waals surface area (Å²) in [4.78, 5) is -0.0198. The van der Waals surface area contributed by atoms with Crippen LogP contribution < -0.4 is 0 Å². The molecule has 26 heavy (non-hydrogen) atoms. The van der Waals surface area contributed by atoms with Crippen LogP contribution in [0.25, 0.3) is 0 Å². The fraction of sp³-hybridized carbons (Fsp3) is 0.529. The van der Waals surface area contributed by atoms with Crippen molar-refractivity contribution in [3.8, 4) is 0 Å². The lowest BCUT2D eigenvalue weighted by Crippen LogP contribution is -2.40. The van der Waals surface area contributed by atoms with E-state index in [1.807, 2.05) is 0 Å². The average Bonchev–Trinajstić information content (AvgIpc) is 3.05. The maximum atomic E-state index is 13.4. The highest BCUT2D eigenvalue weighted by Gasteiger charge is 2.39. The van der Waals surface area contributed by atoms with Crippen LogP contribution in [0.1, 0.15) is 49.8 Å². The van der Waals surface area contributed by atoms with Gasteiger partial charge in [-0.25, -0.2) is 8.42 Å². The summed E-state index contributed by atoms with van der Waals surface area (Å²) < 4.78 is 30.4. The molecule has 0 N–H and O–H groups in total.